The van der Waals surface area contributed by atoms with Gasteiger partial charge in [0.05, 0.1) is 46.1 Å². The molecule has 0 aliphatic heterocycles. The maximum Gasteiger partial charge on any atom is 0.261 e. The third kappa shape index (κ3) is 4.86. The first-order chi connectivity index (χ1) is 15.4. The van der Waals surface area contributed by atoms with E-state index in [9.17, 15) is 9.90 Å². The van der Waals surface area contributed by atoms with Crippen molar-refractivity contribution in [3.8, 4) is 0 Å². The van der Waals surface area contributed by atoms with Crippen LogP contribution in [0.4, 0.5) is 0 Å². The molecule has 0 radical (unpaired) electrons. The molecule has 4 aromatic rings. The number of fused-ring (bicyclic) bond motifs is 1. The molecule has 0 bridgehead atoms. The van der Waals surface area contributed by atoms with Crippen molar-refractivity contribution in [2.24, 2.45) is 5.10 Å². The maximum atomic E-state index is 12.6. The van der Waals surface area contributed by atoms with E-state index in [1.165, 1.54) is 22.7 Å². The molecule has 0 spiro atoms. The highest BCUT2D eigenvalue weighted by Crippen LogP contribution is 2.23. The average molecular weight is 489 g/mol. The van der Waals surface area contributed by atoms with Crippen molar-refractivity contribution in [2.75, 3.05) is 5.75 Å². The molecular formula is C21H18Cl2N6O2S. The molecule has 8 nitrogen and oxygen atoms in total. The molecule has 0 aliphatic carbocycles. The van der Waals surface area contributed by atoms with Crippen LogP contribution in [0.25, 0.3) is 10.9 Å². The third-order valence-electron chi connectivity index (χ3n) is 4.61. The van der Waals surface area contributed by atoms with E-state index in [4.69, 9.17) is 23.2 Å². The molecule has 1 unspecified atom stereocenters. The summed E-state index contributed by atoms with van der Waals surface area (Å²) in [5, 5.41) is 25.0. The number of rotatable bonds is 7. The lowest BCUT2D eigenvalue weighted by Gasteiger charge is -2.12. The van der Waals surface area contributed by atoms with E-state index in [1.807, 2.05) is 6.07 Å². The van der Waals surface area contributed by atoms with Crippen LogP contribution in [0.15, 0.2) is 63.8 Å². The lowest BCUT2D eigenvalue weighted by molar-refractivity contribution is 0.176. The topological polar surface area (TPSA) is 98.2 Å². The zero-order valence-corrected chi connectivity index (χ0v) is 19.2. The van der Waals surface area contributed by atoms with Crippen LogP contribution in [0.2, 0.25) is 10.0 Å². The Kier molecular flexibility index (Phi) is 6.90. The highest BCUT2D eigenvalue weighted by Gasteiger charge is 2.14. The second-order valence-corrected chi connectivity index (χ2v) is 8.71. The predicted molar refractivity (Wildman–Crippen MR) is 127 cm³/mol. The molecule has 2 aromatic heterocycles. The van der Waals surface area contributed by atoms with Crippen molar-refractivity contribution in [2.45, 2.75) is 24.7 Å². The van der Waals surface area contributed by atoms with E-state index >= 15 is 0 Å². The Hall–Kier alpha value is -2.72. The summed E-state index contributed by atoms with van der Waals surface area (Å²) in [7, 11) is 0. The first-order valence-corrected chi connectivity index (χ1v) is 11.3. The molecule has 1 N–H and O–H groups in total. The summed E-state index contributed by atoms with van der Waals surface area (Å²) in [5.41, 5.74) is 1.01. The normalized spacial score (nSPS) is 12.6. The molecule has 0 fully saturated rings. The summed E-state index contributed by atoms with van der Waals surface area (Å²) in [6.45, 7) is 1.87. The quantitative estimate of drug-likeness (QED) is 0.315. The zero-order chi connectivity index (χ0) is 22.7. The number of nitrogens with zero attached hydrogens (tertiary/aromatic N) is 6. The van der Waals surface area contributed by atoms with E-state index in [2.05, 4.69) is 20.3 Å². The summed E-state index contributed by atoms with van der Waals surface area (Å²) in [5.74, 6) is 0.844. The summed E-state index contributed by atoms with van der Waals surface area (Å²) in [6.07, 6.45) is 2.18. The molecule has 0 aliphatic rings. The van der Waals surface area contributed by atoms with Gasteiger partial charge in [0.25, 0.3) is 5.56 Å². The summed E-state index contributed by atoms with van der Waals surface area (Å²) >= 11 is 13.7. The van der Waals surface area contributed by atoms with Crippen molar-refractivity contribution in [1.82, 2.24) is 24.4 Å². The van der Waals surface area contributed by atoms with Crippen LogP contribution < -0.4 is 5.56 Å². The van der Waals surface area contributed by atoms with E-state index in [-0.39, 0.29) is 17.9 Å². The highest BCUT2D eigenvalue weighted by atomic mass is 35.5. The lowest BCUT2D eigenvalue weighted by Crippen LogP contribution is -2.28. The maximum absolute atomic E-state index is 12.6. The standard InChI is InChI=1S/C21H18Cl2N6O2S/c1-13-26-27-21(29(13)25-9-16-17(22)6-4-7-18(16)23)32-11-14(30)10-28-12-24-19-8-3-2-5-15(19)20(28)31/h2-9,12,14,30H,10-11H2,1H3. The number of aryl methyl sites for hydroxylation is 1. The fourth-order valence-electron chi connectivity index (χ4n) is 3.00. The Morgan fingerprint density at radius 2 is 1.91 bits per heavy atom. The summed E-state index contributed by atoms with van der Waals surface area (Å²) < 4.78 is 2.95. The van der Waals surface area contributed by atoms with Gasteiger partial charge in [0, 0.05) is 11.3 Å². The molecule has 0 saturated heterocycles. The number of halogens is 2. The van der Waals surface area contributed by atoms with Crippen LogP contribution in [0, 0.1) is 6.92 Å². The minimum Gasteiger partial charge on any atom is -0.390 e. The minimum absolute atomic E-state index is 0.106. The molecule has 0 saturated carbocycles. The van der Waals surface area contributed by atoms with Gasteiger partial charge < -0.3 is 5.11 Å². The largest absolute Gasteiger partial charge is 0.390 e. The van der Waals surface area contributed by atoms with Crippen LogP contribution >= 0.6 is 35.0 Å². The predicted octanol–water partition coefficient (Wildman–Crippen LogP) is 3.64. The van der Waals surface area contributed by atoms with Crippen LogP contribution in [-0.4, -0.2) is 47.6 Å². The van der Waals surface area contributed by atoms with Crippen LogP contribution in [-0.2, 0) is 6.54 Å². The number of hydrogen-bond donors (Lipinski definition) is 1. The summed E-state index contributed by atoms with van der Waals surface area (Å²) in [6, 6.07) is 12.3. The first-order valence-electron chi connectivity index (χ1n) is 9.59. The molecule has 32 heavy (non-hydrogen) atoms. The minimum atomic E-state index is -0.812. The second-order valence-electron chi connectivity index (χ2n) is 6.91. The van der Waals surface area contributed by atoms with Gasteiger partial charge in [-0.3, -0.25) is 9.36 Å². The molecule has 2 aromatic carbocycles. The van der Waals surface area contributed by atoms with E-state index < -0.39 is 6.10 Å². The van der Waals surface area contributed by atoms with Gasteiger partial charge in [-0.25, -0.2) is 4.98 Å². The van der Waals surface area contributed by atoms with Crippen molar-refractivity contribution >= 4 is 52.1 Å². The van der Waals surface area contributed by atoms with Crippen molar-refractivity contribution in [3.63, 3.8) is 0 Å². The molecule has 164 valence electrons. The van der Waals surface area contributed by atoms with Gasteiger partial charge in [0.1, 0.15) is 0 Å². The second kappa shape index (κ2) is 9.83. The molecular weight excluding hydrogens is 471 g/mol. The smallest absolute Gasteiger partial charge is 0.261 e. The lowest BCUT2D eigenvalue weighted by atomic mass is 10.2. The van der Waals surface area contributed by atoms with Gasteiger partial charge in [0.2, 0.25) is 5.16 Å². The van der Waals surface area contributed by atoms with Crippen LogP contribution in [0.1, 0.15) is 11.4 Å². The Morgan fingerprint density at radius 1 is 1.16 bits per heavy atom. The van der Waals surface area contributed by atoms with Gasteiger partial charge in [-0.15, -0.1) is 10.2 Å². The van der Waals surface area contributed by atoms with Crippen molar-refractivity contribution in [1.29, 1.82) is 0 Å². The number of benzene rings is 2. The molecule has 4 rings (SSSR count). The van der Waals surface area contributed by atoms with Crippen LogP contribution in [0.5, 0.6) is 0 Å². The van der Waals surface area contributed by atoms with Crippen LogP contribution in [0.3, 0.4) is 0 Å². The number of hydrogen-bond acceptors (Lipinski definition) is 7. The number of aromatic nitrogens is 5. The Labute approximate surface area is 197 Å². The number of aliphatic hydroxyl groups is 1. The van der Waals surface area contributed by atoms with Crippen molar-refractivity contribution < 1.29 is 5.11 Å². The Bertz CT molecular complexity index is 1330. The Balaban J connectivity index is 1.46. The zero-order valence-electron chi connectivity index (χ0n) is 16.9. The fraction of sp³-hybridized carbons (Fsp3) is 0.190. The average Bonchev–Trinajstić information content (AvgIpc) is 3.13. The summed E-state index contributed by atoms with van der Waals surface area (Å²) in [4.78, 5) is 16.9. The van der Waals surface area contributed by atoms with E-state index in [0.29, 0.717) is 37.5 Å². The molecule has 0 amide bonds. The fourth-order valence-corrected chi connectivity index (χ4v) is 4.34. The first kappa shape index (κ1) is 22.5. The molecule has 1 atom stereocenters. The molecule has 2 heterocycles. The van der Waals surface area contributed by atoms with Gasteiger partial charge in [0.15, 0.2) is 5.82 Å². The SMILES string of the molecule is Cc1nnc(SCC(O)Cn2cnc3ccccc3c2=O)n1N=Cc1c(Cl)cccc1Cl. The van der Waals surface area contributed by atoms with Gasteiger partial charge in [-0.1, -0.05) is 53.2 Å². The monoisotopic (exact) mass is 488 g/mol. The third-order valence-corrected chi connectivity index (χ3v) is 6.34. The highest BCUT2D eigenvalue weighted by molar-refractivity contribution is 7.99. The van der Waals surface area contributed by atoms with Crippen molar-refractivity contribution in [3.05, 3.63) is 80.6 Å². The van der Waals surface area contributed by atoms with Gasteiger partial charge in [-0.2, -0.15) is 9.78 Å². The number of para-hydroxylation sites is 1. The number of thioether (sulfide) groups is 1. The van der Waals surface area contributed by atoms with E-state index in [0.717, 1.165) is 0 Å². The van der Waals surface area contributed by atoms with Gasteiger partial charge in [-0.05, 0) is 31.2 Å². The molecule has 11 heteroatoms. The Morgan fingerprint density at radius 3 is 2.69 bits per heavy atom. The number of aliphatic hydroxyl groups excluding tert-OH is 1. The van der Waals surface area contributed by atoms with Gasteiger partial charge >= 0.3 is 0 Å². The van der Waals surface area contributed by atoms with E-state index in [1.54, 1.807) is 54.2 Å².